The van der Waals surface area contributed by atoms with Gasteiger partial charge in [-0.15, -0.1) is 0 Å². The van der Waals surface area contributed by atoms with Gasteiger partial charge in [0.15, 0.2) is 5.78 Å². The van der Waals surface area contributed by atoms with Crippen molar-refractivity contribution >= 4 is 17.7 Å². The van der Waals surface area contributed by atoms with Gasteiger partial charge in [0.2, 0.25) is 0 Å². The number of pyridine rings is 1. The van der Waals surface area contributed by atoms with Crippen molar-refractivity contribution in [2.45, 2.75) is 12.5 Å². The van der Waals surface area contributed by atoms with Gasteiger partial charge < -0.3 is 14.6 Å². The summed E-state index contributed by atoms with van der Waals surface area (Å²) < 4.78 is 10.2. The van der Waals surface area contributed by atoms with Gasteiger partial charge in [-0.3, -0.25) is 9.69 Å². The molecule has 1 aromatic rings. The topological polar surface area (TPSA) is 89.0 Å². The van der Waals surface area contributed by atoms with E-state index in [1.807, 2.05) is 0 Å². The molecule has 1 fully saturated rings. The van der Waals surface area contributed by atoms with Gasteiger partial charge in [0, 0.05) is 0 Å². The van der Waals surface area contributed by atoms with Crippen LogP contribution in [0.2, 0.25) is 0 Å². The number of fused-ring (bicyclic) bond motifs is 1. The highest BCUT2D eigenvalue weighted by Crippen LogP contribution is 2.27. The number of nitrogens with zero attached hydrogens (tertiary/aromatic N) is 2. The number of carbonyl (C=O) groups excluding carboxylic acids is 2. The van der Waals surface area contributed by atoms with E-state index >= 15 is 0 Å². The van der Waals surface area contributed by atoms with E-state index < -0.39 is 12.2 Å². The average Bonchev–Trinajstić information content (AvgIpc) is 2.79. The number of hydrogen-bond acceptors (Lipinski definition) is 6. The van der Waals surface area contributed by atoms with Gasteiger partial charge in [-0.05, 0) is 12.1 Å². The van der Waals surface area contributed by atoms with Crippen molar-refractivity contribution in [2.75, 3.05) is 24.7 Å². The molecule has 0 bridgehead atoms. The first-order valence-corrected chi connectivity index (χ1v) is 5.91. The molecule has 1 saturated heterocycles. The average molecular weight is 264 g/mol. The highest BCUT2D eigenvalue weighted by molar-refractivity contribution is 5.89. The van der Waals surface area contributed by atoms with Crippen LogP contribution >= 0.6 is 0 Å². The molecule has 1 N–H and O–H groups in total. The Labute approximate surface area is 108 Å². The molecule has 0 spiro atoms. The fraction of sp³-hybridized carbons (Fsp3) is 0.417. The van der Waals surface area contributed by atoms with Crippen molar-refractivity contribution in [1.82, 2.24) is 4.98 Å². The van der Waals surface area contributed by atoms with Gasteiger partial charge >= 0.3 is 6.09 Å². The highest BCUT2D eigenvalue weighted by Gasteiger charge is 2.33. The lowest BCUT2D eigenvalue weighted by Gasteiger charge is -2.18. The molecule has 1 atom stereocenters. The third-order valence-corrected chi connectivity index (χ3v) is 3.03. The number of aliphatic hydroxyl groups excluding tert-OH is 1. The molecule has 0 aromatic carbocycles. The summed E-state index contributed by atoms with van der Waals surface area (Å²) in [5.41, 5.74) is 0.522. The first-order valence-electron chi connectivity index (χ1n) is 5.91. The molecule has 1 unspecified atom stereocenters. The lowest BCUT2D eigenvalue weighted by atomic mass is 10.1. The fourth-order valence-corrected chi connectivity index (χ4v) is 2.09. The maximum Gasteiger partial charge on any atom is 0.416 e. The summed E-state index contributed by atoms with van der Waals surface area (Å²) in [6.45, 7) is 0.0804. The summed E-state index contributed by atoms with van der Waals surface area (Å²) in [5.74, 6) is 0.919. The van der Waals surface area contributed by atoms with Crippen molar-refractivity contribution in [2.24, 2.45) is 0 Å². The maximum atomic E-state index is 11.6. The van der Waals surface area contributed by atoms with Gasteiger partial charge in [0.05, 0.1) is 25.3 Å². The number of anilines is 1. The lowest BCUT2D eigenvalue weighted by molar-refractivity contribution is -0.121. The van der Waals surface area contributed by atoms with E-state index in [0.717, 1.165) is 0 Å². The summed E-state index contributed by atoms with van der Waals surface area (Å²) >= 11 is 0. The van der Waals surface area contributed by atoms with Gasteiger partial charge in [-0.25, -0.2) is 9.78 Å². The van der Waals surface area contributed by atoms with Crippen LogP contribution in [0.3, 0.4) is 0 Å². The Kier molecular flexibility index (Phi) is 2.83. The SMILES string of the molecule is O=C1COc2ccc(N3CC(CO)OC3=O)nc2C1. The number of rotatable bonds is 2. The molecule has 0 saturated carbocycles. The highest BCUT2D eigenvalue weighted by atomic mass is 16.6. The van der Waals surface area contributed by atoms with Crippen molar-refractivity contribution in [3.63, 3.8) is 0 Å². The molecule has 1 amide bonds. The zero-order valence-corrected chi connectivity index (χ0v) is 10.0. The number of cyclic esters (lactones) is 1. The van der Waals surface area contributed by atoms with Crippen molar-refractivity contribution in [3.8, 4) is 5.75 Å². The van der Waals surface area contributed by atoms with Crippen LogP contribution in [0.5, 0.6) is 5.75 Å². The number of Topliss-reactive ketones (excluding diaryl/α,β-unsaturated/α-hetero) is 1. The Hall–Kier alpha value is -2.15. The van der Waals surface area contributed by atoms with E-state index in [4.69, 9.17) is 14.6 Å². The number of aliphatic hydroxyl groups is 1. The summed E-state index contributed by atoms with van der Waals surface area (Å²) in [6.07, 6.45) is -0.882. The van der Waals surface area contributed by atoms with E-state index in [2.05, 4.69) is 4.98 Å². The monoisotopic (exact) mass is 264 g/mol. The van der Waals surface area contributed by atoms with E-state index in [-0.39, 0.29) is 32.0 Å². The van der Waals surface area contributed by atoms with Crippen LogP contribution in [0.1, 0.15) is 5.69 Å². The predicted octanol–water partition coefficient (Wildman–Crippen LogP) is -0.0969. The minimum atomic E-state index is -0.547. The van der Waals surface area contributed by atoms with Gasteiger partial charge in [0.1, 0.15) is 24.3 Å². The Morgan fingerprint density at radius 1 is 1.42 bits per heavy atom. The molecule has 19 heavy (non-hydrogen) atoms. The molecule has 0 aliphatic carbocycles. The summed E-state index contributed by atoms with van der Waals surface area (Å²) in [6, 6.07) is 3.32. The van der Waals surface area contributed by atoms with Crippen LogP contribution in [0.4, 0.5) is 10.6 Å². The van der Waals surface area contributed by atoms with Crippen LogP contribution < -0.4 is 9.64 Å². The van der Waals surface area contributed by atoms with Crippen molar-refractivity contribution in [3.05, 3.63) is 17.8 Å². The first kappa shape index (κ1) is 11.9. The van der Waals surface area contributed by atoms with Crippen LogP contribution in [-0.4, -0.2) is 47.8 Å². The Morgan fingerprint density at radius 2 is 2.26 bits per heavy atom. The fourth-order valence-electron chi connectivity index (χ4n) is 2.09. The van der Waals surface area contributed by atoms with Gasteiger partial charge in [-0.1, -0.05) is 0 Å². The Bertz CT molecular complexity index is 545. The van der Waals surface area contributed by atoms with E-state index in [0.29, 0.717) is 17.3 Å². The Morgan fingerprint density at radius 3 is 3.00 bits per heavy atom. The molecular weight excluding hydrogens is 252 g/mol. The molecule has 2 aliphatic rings. The molecule has 3 heterocycles. The largest absolute Gasteiger partial charge is 0.484 e. The molecule has 3 rings (SSSR count). The zero-order chi connectivity index (χ0) is 13.4. The minimum Gasteiger partial charge on any atom is -0.484 e. The quantitative estimate of drug-likeness (QED) is 0.802. The summed E-state index contributed by atoms with van der Waals surface area (Å²) in [4.78, 5) is 28.5. The van der Waals surface area contributed by atoms with Crippen LogP contribution in [0, 0.1) is 0 Å². The van der Waals surface area contributed by atoms with Crippen LogP contribution in [0.25, 0.3) is 0 Å². The molecule has 100 valence electrons. The Balaban J connectivity index is 1.88. The van der Waals surface area contributed by atoms with E-state index in [1.165, 1.54) is 4.90 Å². The van der Waals surface area contributed by atoms with Gasteiger partial charge in [0.25, 0.3) is 0 Å². The predicted molar refractivity (Wildman–Crippen MR) is 63.1 cm³/mol. The van der Waals surface area contributed by atoms with Crippen molar-refractivity contribution < 1.29 is 24.2 Å². The number of hydrogen-bond donors (Lipinski definition) is 1. The molecule has 1 aromatic heterocycles. The van der Waals surface area contributed by atoms with E-state index in [1.54, 1.807) is 12.1 Å². The van der Waals surface area contributed by atoms with Crippen LogP contribution in [0.15, 0.2) is 12.1 Å². The number of aromatic nitrogens is 1. The normalized spacial score (nSPS) is 21.9. The molecule has 7 heteroatoms. The molecule has 2 aliphatic heterocycles. The third kappa shape index (κ3) is 2.12. The molecule has 0 radical (unpaired) electrons. The van der Waals surface area contributed by atoms with Crippen molar-refractivity contribution in [1.29, 1.82) is 0 Å². The zero-order valence-electron chi connectivity index (χ0n) is 10.0. The lowest BCUT2D eigenvalue weighted by Crippen LogP contribution is -2.28. The second-order valence-electron chi connectivity index (χ2n) is 4.42. The minimum absolute atomic E-state index is 0.0469. The summed E-state index contributed by atoms with van der Waals surface area (Å²) in [5, 5.41) is 8.99. The summed E-state index contributed by atoms with van der Waals surface area (Å²) in [7, 11) is 0. The van der Waals surface area contributed by atoms with Gasteiger partial charge in [-0.2, -0.15) is 0 Å². The number of amides is 1. The number of ether oxygens (including phenoxy) is 2. The standard InChI is InChI=1S/C12H12N2O5/c15-5-8-4-14(12(17)19-8)11-2-1-10-9(13-11)3-7(16)6-18-10/h1-2,8,15H,3-6H2. The molecular formula is C12H12N2O5. The first-order chi connectivity index (χ1) is 9.17. The smallest absolute Gasteiger partial charge is 0.416 e. The third-order valence-electron chi connectivity index (χ3n) is 3.03. The second kappa shape index (κ2) is 4.51. The number of carbonyl (C=O) groups is 2. The van der Waals surface area contributed by atoms with E-state index in [9.17, 15) is 9.59 Å². The van der Waals surface area contributed by atoms with Crippen LogP contribution in [-0.2, 0) is 16.0 Å². The number of ketones is 1. The molecule has 7 nitrogen and oxygen atoms in total. The second-order valence-corrected chi connectivity index (χ2v) is 4.42. The maximum absolute atomic E-state index is 11.6.